The topological polar surface area (TPSA) is 49.4 Å². The average Bonchev–Trinajstić information content (AvgIpc) is 3.03. The van der Waals surface area contributed by atoms with Gasteiger partial charge < -0.3 is 10.2 Å². The first-order valence-electron chi connectivity index (χ1n) is 8.83. The highest BCUT2D eigenvalue weighted by Gasteiger charge is 2.28. The highest BCUT2D eigenvalue weighted by Crippen LogP contribution is 2.26. The van der Waals surface area contributed by atoms with Crippen LogP contribution in [0.2, 0.25) is 0 Å². The number of para-hydroxylation sites is 1. The van der Waals surface area contributed by atoms with Crippen molar-refractivity contribution < 1.29 is 9.59 Å². The summed E-state index contributed by atoms with van der Waals surface area (Å²) in [6, 6.07) is 11.5. The molecule has 0 radical (unpaired) electrons. The molecular formula is C20H24N2O2S. The van der Waals surface area contributed by atoms with Gasteiger partial charge in [0.2, 0.25) is 5.91 Å². The van der Waals surface area contributed by atoms with E-state index in [1.165, 1.54) is 10.4 Å². The maximum atomic E-state index is 12.7. The van der Waals surface area contributed by atoms with Crippen molar-refractivity contribution in [1.29, 1.82) is 0 Å². The van der Waals surface area contributed by atoms with Crippen LogP contribution in [0.15, 0.2) is 36.4 Å². The number of carbonyl (C=O) groups excluding carboxylic acids is 2. The number of aryl methyl sites for hydroxylation is 2. The molecule has 1 fully saturated rings. The number of likely N-dealkylation sites (tertiary alicyclic amines) is 1. The van der Waals surface area contributed by atoms with E-state index in [1.54, 1.807) is 11.3 Å². The average molecular weight is 356 g/mol. The fourth-order valence-electron chi connectivity index (χ4n) is 3.24. The molecule has 3 rings (SSSR count). The Balaban J connectivity index is 1.56. The second kappa shape index (κ2) is 7.83. The van der Waals surface area contributed by atoms with Gasteiger partial charge in [-0.1, -0.05) is 25.1 Å². The van der Waals surface area contributed by atoms with Crippen molar-refractivity contribution in [1.82, 2.24) is 4.90 Å². The van der Waals surface area contributed by atoms with E-state index >= 15 is 0 Å². The molecule has 2 heterocycles. The Bertz CT molecular complexity index is 746. The van der Waals surface area contributed by atoms with Crippen molar-refractivity contribution in [3.05, 3.63) is 51.7 Å². The first-order chi connectivity index (χ1) is 12.1. The summed E-state index contributed by atoms with van der Waals surface area (Å²) >= 11 is 1.60. The second-order valence-corrected chi connectivity index (χ2v) is 7.63. The van der Waals surface area contributed by atoms with Crippen LogP contribution in [0, 0.1) is 12.8 Å². The number of hydrogen-bond acceptors (Lipinski definition) is 3. The van der Waals surface area contributed by atoms with E-state index in [2.05, 4.69) is 19.2 Å². The summed E-state index contributed by atoms with van der Waals surface area (Å²) in [5.74, 6) is 0.133. The van der Waals surface area contributed by atoms with Gasteiger partial charge in [0.1, 0.15) is 0 Å². The summed E-state index contributed by atoms with van der Waals surface area (Å²) < 4.78 is 0. The molecule has 0 saturated carbocycles. The van der Waals surface area contributed by atoms with E-state index in [1.807, 2.05) is 41.3 Å². The predicted molar refractivity (Wildman–Crippen MR) is 102 cm³/mol. The van der Waals surface area contributed by atoms with Crippen LogP contribution in [-0.4, -0.2) is 29.8 Å². The largest absolute Gasteiger partial charge is 0.338 e. The van der Waals surface area contributed by atoms with Gasteiger partial charge in [-0.25, -0.2) is 0 Å². The maximum absolute atomic E-state index is 12.7. The van der Waals surface area contributed by atoms with Crippen molar-refractivity contribution in [3.8, 4) is 0 Å². The standard InChI is InChI=1S/C20H24N2O2S/c1-3-17-14(2)13-18(25-17)20(24)22-11-9-15(10-12-22)19(23)21-16-7-5-4-6-8-16/h4-8,13,15H,3,9-12H2,1-2H3,(H,21,23). The van der Waals surface area contributed by atoms with Crippen molar-refractivity contribution in [3.63, 3.8) is 0 Å². The van der Waals surface area contributed by atoms with Gasteiger partial charge in [0.05, 0.1) is 4.88 Å². The van der Waals surface area contributed by atoms with Crippen LogP contribution < -0.4 is 5.32 Å². The van der Waals surface area contributed by atoms with Crippen LogP contribution in [0.4, 0.5) is 5.69 Å². The maximum Gasteiger partial charge on any atom is 0.263 e. The summed E-state index contributed by atoms with van der Waals surface area (Å²) in [5, 5.41) is 2.97. The summed E-state index contributed by atoms with van der Waals surface area (Å²) in [7, 11) is 0. The predicted octanol–water partition coefficient (Wildman–Crippen LogP) is 4.11. The van der Waals surface area contributed by atoms with Crippen LogP contribution in [0.25, 0.3) is 0 Å². The number of piperidine rings is 1. The molecule has 1 aromatic carbocycles. The van der Waals surface area contributed by atoms with E-state index in [0.29, 0.717) is 13.1 Å². The number of benzene rings is 1. The number of amides is 2. The zero-order valence-electron chi connectivity index (χ0n) is 14.7. The second-order valence-electron chi connectivity index (χ2n) is 6.49. The highest BCUT2D eigenvalue weighted by molar-refractivity contribution is 7.14. The van der Waals surface area contributed by atoms with E-state index in [9.17, 15) is 9.59 Å². The molecule has 1 aromatic heterocycles. The zero-order valence-corrected chi connectivity index (χ0v) is 15.6. The molecule has 4 nitrogen and oxygen atoms in total. The third-order valence-electron chi connectivity index (χ3n) is 4.75. The van der Waals surface area contributed by atoms with Crippen molar-refractivity contribution in [2.75, 3.05) is 18.4 Å². The van der Waals surface area contributed by atoms with E-state index in [0.717, 1.165) is 29.8 Å². The molecule has 0 atom stereocenters. The summed E-state index contributed by atoms with van der Waals surface area (Å²) in [6.07, 6.45) is 2.40. The third-order valence-corrected chi connectivity index (χ3v) is 6.12. The molecule has 25 heavy (non-hydrogen) atoms. The Labute approximate surface area is 152 Å². The number of rotatable bonds is 4. The van der Waals surface area contributed by atoms with Gasteiger partial charge in [-0.2, -0.15) is 0 Å². The van der Waals surface area contributed by atoms with Crippen LogP contribution in [0.3, 0.4) is 0 Å². The molecule has 0 bridgehead atoms. The van der Waals surface area contributed by atoms with Gasteiger partial charge in [-0.15, -0.1) is 11.3 Å². The van der Waals surface area contributed by atoms with E-state index < -0.39 is 0 Å². The van der Waals surface area contributed by atoms with Gasteiger partial charge in [0, 0.05) is 29.6 Å². The molecule has 0 spiro atoms. The van der Waals surface area contributed by atoms with Gasteiger partial charge >= 0.3 is 0 Å². The molecule has 132 valence electrons. The molecule has 0 unspecified atom stereocenters. The lowest BCUT2D eigenvalue weighted by Gasteiger charge is -2.31. The minimum Gasteiger partial charge on any atom is -0.338 e. The number of anilines is 1. The van der Waals surface area contributed by atoms with Crippen LogP contribution in [0.5, 0.6) is 0 Å². The molecule has 2 aromatic rings. The Kier molecular flexibility index (Phi) is 5.53. The van der Waals surface area contributed by atoms with Gasteiger partial charge in [-0.3, -0.25) is 9.59 Å². The molecule has 2 amide bonds. The minimum absolute atomic E-state index is 0.0273. The van der Waals surface area contributed by atoms with Crippen LogP contribution in [-0.2, 0) is 11.2 Å². The smallest absolute Gasteiger partial charge is 0.263 e. The Hall–Kier alpha value is -2.14. The number of carbonyl (C=O) groups is 2. The van der Waals surface area contributed by atoms with Gasteiger partial charge in [-0.05, 0) is 49.9 Å². The fraction of sp³-hybridized carbons (Fsp3) is 0.400. The molecule has 1 aliphatic rings. The molecule has 1 aliphatic heterocycles. The van der Waals surface area contributed by atoms with Gasteiger partial charge in [0.25, 0.3) is 5.91 Å². The highest BCUT2D eigenvalue weighted by atomic mass is 32.1. The normalized spacial score (nSPS) is 15.2. The van der Waals surface area contributed by atoms with E-state index in [4.69, 9.17) is 0 Å². The quantitative estimate of drug-likeness (QED) is 0.896. The number of thiophene rings is 1. The summed E-state index contributed by atoms with van der Waals surface area (Å²) in [5.41, 5.74) is 2.03. The first kappa shape index (κ1) is 17.7. The molecule has 1 saturated heterocycles. The molecule has 0 aliphatic carbocycles. The first-order valence-corrected chi connectivity index (χ1v) is 9.64. The lowest BCUT2D eigenvalue weighted by atomic mass is 9.95. The molecular weight excluding hydrogens is 332 g/mol. The molecule has 5 heteroatoms. The number of hydrogen-bond donors (Lipinski definition) is 1. The lowest BCUT2D eigenvalue weighted by Crippen LogP contribution is -2.41. The van der Waals surface area contributed by atoms with Crippen LogP contribution in [0.1, 0.15) is 39.9 Å². The van der Waals surface area contributed by atoms with Crippen LogP contribution >= 0.6 is 11.3 Å². The summed E-state index contributed by atoms with van der Waals surface area (Å²) in [4.78, 5) is 29.1. The Morgan fingerprint density at radius 3 is 2.48 bits per heavy atom. The minimum atomic E-state index is -0.0273. The number of nitrogens with one attached hydrogen (secondary N) is 1. The van der Waals surface area contributed by atoms with Crippen molar-refractivity contribution in [2.45, 2.75) is 33.1 Å². The van der Waals surface area contributed by atoms with E-state index in [-0.39, 0.29) is 17.7 Å². The Morgan fingerprint density at radius 1 is 1.20 bits per heavy atom. The zero-order chi connectivity index (χ0) is 17.8. The third kappa shape index (κ3) is 4.10. The van der Waals surface area contributed by atoms with Crippen molar-refractivity contribution in [2.24, 2.45) is 5.92 Å². The monoisotopic (exact) mass is 356 g/mol. The lowest BCUT2D eigenvalue weighted by molar-refractivity contribution is -0.121. The summed E-state index contributed by atoms with van der Waals surface area (Å²) in [6.45, 7) is 5.46. The van der Waals surface area contributed by atoms with Crippen molar-refractivity contribution >= 4 is 28.8 Å². The number of nitrogens with zero attached hydrogens (tertiary/aromatic N) is 1. The SMILES string of the molecule is CCc1sc(C(=O)N2CCC(C(=O)Nc3ccccc3)CC2)cc1C. The fourth-order valence-corrected chi connectivity index (χ4v) is 4.32. The van der Waals surface area contributed by atoms with Gasteiger partial charge in [0.15, 0.2) is 0 Å². The Morgan fingerprint density at radius 2 is 1.88 bits per heavy atom. The molecule has 1 N–H and O–H groups in total.